The van der Waals surface area contributed by atoms with Gasteiger partial charge in [0.1, 0.15) is 5.69 Å². The van der Waals surface area contributed by atoms with E-state index in [0.29, 0.717) is 5.69 Å². The lowest BCUT2D eigenvalue weighted by molar-refractivity contribution is 0.0627. The normalized spacial score (nSPS) is 16.0. The lowest BCUT2D eigenvalue weighted by atomic mass is 10.2. The SMILES string of the molecule is CCCc1cc(C(=O)N2CCN(CCn3cccc3)CC2)n[nH]1. The molecule has 0 spiro atoms. The molecule has 6 nitrogen and oxygen atoms in total. The molecule has 0 radical (unpaired) electrons. The second-order valence-electron chi connectivity index (χ2n) is 6.08. The molecule has 2 aromatic rings. The number of aromatic amines is 1. The molecule has 1 aliphatic rings. The quantitative estimate of drug-likeness (QED) is 0.881. The Hall–Kier alpha value is -2.08. The van der Waals surface area contributed by atoms with E-state index in [9.17, 15) is 4.79 Å². The molecule has 2 aromatic heterocycles. The molecule has 1 saturated heterocycles. The molecule has 1 N–H and O–H groups in total. The van der Waals surface area contributed by atoms with Crippen LogP contribution in [0.2, 0.25) is 0 Å². The zero-order valence-corrected chi connectivity index (χ0v) is 13.7. The van der Waals surface area contributed by atoms with Crippen LogP contribution in [0.5, 0.6) is 0 Å². The molecular weight excluding hydrogens is 290 g/mol. The summed E-state index contributed by atoms with van der Waals surface area (Å²) in [7, 11) is 0. The molecule has 3 heterocycles. The Balaban J connectivity index is 1.46. The molecule has 124 valence electrons. The molecule has 1 fully saturated rings. The van der Waals surface area contributed by atoms with Crippen LogP contribution in [0, 0.1) is 0 Å². The standard InChI is InChI=1S/C17H25N5O/c1-2-5-15-14-16(19-18-15)17(23)22-12-10-21(11-13-22)9-8-20-6-3-4-7-20/h3-4,6-7,14H,2,5,8-13H2,1H3,(H,18,19). The van der Waals surface area contributed by atoms with E-state index in [1.54, 1.807) is 0 Å². The maximum absolute atomic E-state index is 12.5. The van der Waals surface area contributed by atoms with E-state index in [0.717, 1.165) is 57.8 Å². The highest BCUT2D eigenvalue weighted by Crippen LogP contribution is 2.09. The summed E-state index contributed by atoms with van der Waals surface area (Å²) < 4.78 is 2.19. The second-order valence-corrected chi connectivity index (χ2v) is 6.08. The molecule has 23 heavy (non-hydrogen) atoms. The number of aryl methyl sites for hydroxylation is 1. The van der Waals surface area contributed by atoms with Crippen molar-refractivity contribution in [2.75, 3.05) is 32.7 Å². The van der Waals surface area contributed by atoms with Gasteiger partial charge in [-0.25, -0.2) is 0 Å². The number of nitrogens with zero attached hydrogens (tertiary/aromatic N) is 4. The van der Waals surface area contributed by atoms with E-state index >= 15 is 0 Å². The Morgan fingerprint density at radius 2 is 1.91 bits per heavy atom. The fourth-order valence-corrected chi connectivity index (χ4v) is 2.98. The number of piperazine rings is 1. The maximum atomic E-state index is 12.5. The van der Waals surface area contributed by atoms with E-state index < -0.39 is 0 Å². The van der Waals surface area contributed by atoms with Gasteiger partial charge in [-0.15, -0.1) is 0 Å². The first-order valence-electron chi connectivity index (χ1n) is 8.43. The number of H-pyrrole nitrogens is 1. The summed E-state index contributed by atoms with van der Waals surface area (Å²) in [6.45, 7) is 7.56. The van der Waals surface area contributed by atoms with Crippen LogP contribution >= 0.6 is 0 Å². The van der Waals surface area contributed by atoms with Gasteiger partial charge in [-0.1, -0.05) is 13.3 Å². The number of aromatic nitrogens is 3. The van der Waals surface area contributed by atoms with Gasteiger partial charge in [0.05, 0.1) is 0 Å². The van der Waals surface area contributed by atoms with Gasteiger partial charge in [-0.05, 0) is 24.6 Å². The molecule has 0 aliphatic carbocycles. The van der Waals surface area contributed by atoms with Crippen LogP contribution in [0.1, 0.15) is 29.5 Å². The van der Waals surface area contributed by atoms with Gasteiger partial charge >= 0.3 is 0 Å². The molecular formula is C17H25N5O. The average molecular weight is 315 g/mol. The predicted molar refractivity (Wildman–Crippen MR) is 89.4 cm³/mol. The van der Waals surface area contributed by atoms with Crippen molar-refractivity contribution in [1.29, 1.82) is 0 Å². The van der Waals surface area contributed by atoms with Crippen molar-refractivity contribution in [1.82, 2.24) is 24.6 Å². The third kappa shape index (κ3) is 4.01. The number of carbonyl (C=O) groups is 1. The van der Waals surface area contributed by atoms with E-state index in [1.165, 1.54) is 0 Å². The topological polar surface area (TPSA) is 57.2 Å². The first-order valence-corrected chi connectivity index (χ1v) is 8.43. The van der Waals surface area contributed by atoms with Crippen LogP contribution in [-0.2, 0) is 13.0 Å². The highest BCUT2D eigenvalue weighted by molar-refractivity contribution is 5.92. The Kier molecular flexibility index (Phi) is 5.12. The summed E-state index contributed by atoms with van der Waals surface area (Å²) in [5.41, 5.74) is 1.59. The highest BCUT2D eigenvalue weighted by Gasteiger charge is 2.23. The summed E-state index contributed by atoms with van der Waals surface area (Å²) in [5, 5.41) is 7.13. The predicted octanol–water partition coefficient (Wildman–Crippen LogP) is 1.62. The highest BCUT2D eigenvalue weighted by atomic mass is 16.2. The number of hydrogen-bond donors (Lipinski definition) is 1. The minimum absolute atomic E-state index is 0.0497. The first-order chi connectivity index (χ1) is 11.3. The molecule has 0 atom stereocenters. The number of nitrogens with one attached hydrogen (secondary N) is 1. The molecule has 0 saturated carbocycles. The smallest absolute Gasteiger partial charge is 0.274 e. The fraction of sp³-hybridized carbons (Fsp3) is 0.529. The zero-order valence-electron chi connectivity index (χ0n) is 13.7. The van der Waals surface area contributed by atoms with Crippen LogP contribution in [0.3, 0.4) is 0 Å². The van der Waals surface area contributed by atoms with Gasteiger partial charge in [0.25, 0.3) is 5.91 Å². The number of carbonyl (C=O) groups excluding carboxylic acids is 1. The van der Waals surface area contributed by atoms with Crippen molar-refractivity contribution in [2.24, 2.45) is 0 Å². The van der Waals surface area contributed by atoms with Gasteiger partial charge in [0.15, 0.2) is 0 Å². The third-order valence-electron chi connectivity index (χ3n) is 4.37. The number of hydrogen-bond acceptors (Lipinski definition) is 3. The van der Waals surface area contributed by atoms with E-state index in [1.807, 2.05) is 23.1 Å². The monoisotopic (exact) mass is 315 g/mol. The van der Waals surface area contributed by atoms with Crippen molar-refractivity contribution >= 4 is 5.91 Å². The van der Waals surface area contributed by atoms with E-state index in [2.05, 4.69) is 39.0 Å². The molecule has 0 aromatic carbocycles. The third-order valence-corrected chi connectivity index (χ3v) is 4.37. The summed E-state index contributed by atoms with van der Waals surface area (Å²) >= 11 is 0. The van der Waals surface area contributed by atoms with Crippen LogP contribution in [0.4, 0.5) is 0 Å². The number of rotatable bonds is 6. The summed E-state index contributed by atoms with van der Waals surface area (Å²) in [5.74, 6) is 0.0497. The van der Waals surface area contributed by atoms with Crippen molar-refractivity contribution in [3.8, 4) is 0 Å². The van der Waals surface area contributed by atoms with E-state index in [4.69, 9.17) is 0 Å². The van der Waals surface area contributed by atoms with Crippen LogP contribution in [0.15, 0.2) is 30.6 Å². The summed E-state index contributed by atoms with van der Waals surface area (Å²) in [6, 6.07) is 5.99. The Bertz CT molecular complexity index is 611. The molecule has 6 heteroatoms. The van der Waals surface area contributed by atoms with E-state index in [-0.39, 0.29) is 5.91 Å². The fourth-order valence-electron chi connectivity index (χ4n) is 2.98. The lowest BCUT2D eigenvalue weighted by Crippen LogP contribution is -2.49. The lowest BCUT2D eigenvalue weighted by Gasteiger charge is -2.34. The molecule has 0 unspecified atom stereocenters. The summed E-state index contributed by atoms with van der Waals surface area (Å²) in [6.07, 6.45) is 6.17. The molecule has 3 rings (SSSR count). The van der Waals surface area contributed by atoms with Crippen LogP contribution in [-0.4, -0.2) is 63.2 Å². The average Bonchev–Trinajstić information content (AvgIpc) is 3.25. The van der Waals surface area contributed by atoms with Gasteiger partial charge < -0.3 is 9.47 Å². The van der Waals surface area contributed by atoms with Crippen molar-refractivity contribution in [3.05, 3.63) is 42.0 Å². The first kappa shape index (κ1) is 15.8. The van der Waals surface area contributed by atoms with Crippen molar-refractivity contribution < 1.29 is 4.79 Å². The Labute approximate surface area is 137 Å². The van der Waals surface area contributed by atoms with Crippen LogP contribution in [0.25, 0.3) is 0 Å². The van der Waals surface area contributed by atoms with Gasteiger partial charge in [0, 0.05) is 57.4 Å². The zero-order chi connectivity index (χ0) is 16.1. The largest absolute Gasteiger partial charge is 0.353 e. The number of amides is 1. The maximum Gasteiger partial charge on any atom is 0.274 e. The Morgan fingerprint density at radius 3 is 2.61 bits per heavy atom. The molecule has 1 amide bonds. The van der Waals surface area contributed by atoms with Crippen molar-refractivity contribution in [2.45, 2.75) is 26.3 Å². The minimum atomic E-state index is 0.0497. The van der Waals surface area contributed by atoms with Crippen molar-refractivity contribution in [3.63, 3.8) is 0 Å². The van der Waals surface area contributed by atoms with Gasteiger partial charge in [-0.3, -0.25) is 14.8 Å². The second kappa shape index (κ2) is 7.46. The molecule has 1 aliphatic heterocycles. The molecule has 0 bridgehead atoms. The van der Waals surface area contributed by atoms with Gasteiger partial charge in [0.2, 0.25) is 0 Å². The minimum Gasteiger partial charge on any atom is -0.353 e. The Morgan fingerprint density at radius 1 is 1.17 bits per heavy atom. The van der Waals surface area contributed by atoms with Crippen LogP contribution < -0.4 is 0 Å². The van der Waals surface area contributed by atoms with Gasteiger partial charge in [-0.2, -0.15) is 5.10 Å². The summed E-state index contributed by atoms with van der Waals surface area (Å²) in [4.78, 5) is 16.8.